The van der Waals surface area contributed by atoms with Gasteiger partial charge in [0.25, 0.3) is 0 Å². The van der Waals surface area contributed by atoms with Gasteiger partial charge in [-0.25, -0.2) is 4.99 Å². The Morgan fingerprint density at radius 1 is 1.22 bits per heavy atom. The Kier molecular flexibility index (Phi) is 3.52. The maximum absolute atomic E-state index is 5.97. The Labute approximate surface area is 112 Å². The van der Waals surface area contributed by atoms with Crippen LogP contribution >= 0.6 is 11.6 Å². The van der Waals surface area contributed by atoms with E-state index in [4.69, 9.17) is 16.3 Å². The highest BCUT2D eigenvalue weighted by atomic mass is 35.5. The summed E-state index contributed by atoms with van der Waals surface area (Å²) in [5.41, 5.74) is 1.15. The van der Waals surface area contributed by atoms with Crippen molar-refractivity contribution in [2.75, 3.05) is 13.1 Å². The van der Waals surface area contributed by atoms with E-state index in [1.165, 1.54) is 12.8 Å². The zero-order valence-electron chi connectivity index (χ0n) is 10.2. The van der Waals surface area contributed by atoms with Gasteiger partial charge in [0.1, 0.15) is 6.10 Å². The number of ether oxygens (including phenoxy) is 1. The minimum absolute atomic E-state index is 0.0565. The molecule has 2 unspecified atom stereocenters. The lowest BCUT2D eigenvalue weighted by Crippen LogP contribution is -2.40. The second-order valence-corrected chi connectivity index (χ2v) is 5.28. The van der Waals surface area contributed by atoms with E-state index < -0.39 is 0 Å². The summed E-state index contributed by atoms with van der Waals surface area (Å²) in [5, 5.41) is 4.22. The van der Waals surface area contributed by atoms with Gasteiger partial charge >= 0.3 is 0 Å². The second kappa shape index (κ2) is 5.29. The molecule has 0 radical (unpaired) electrons. The van der Waals surface area contributed by atoms with Gasteiger partial charge in [-0.3, -0.25) is 0 Å². The lowest BCUT2D eigenvalue weighted by atomic mass is 10.1. The molecular weight excluding hydrogens is 248 g/mol. The number of nitrogens with zero attached hydrogens (tertiary/aromatic N) is 1. The summed E-state index contributed by atoms with van der Waals surface area (Å²) in [4.78, 5) is 4.54. The van der Waals surface area contributed by atoms with E-state index in [0.29, 0.717) is 6.04 Å². The van der Waals surface area contributed by atoms with E-state index in [-0.39, 0.29) is 6.10 Å². The normalized spacial score (nSPS) is 27.7. The van der Waals surface area contributed by atoms with Crippen LogP contribution in [0.2, 0.25) is 5.02 Å². The maximum Gasteiger partial charge on any atom is 0.201 e. The summed E-state index contributed by atoms with van der Waals surface area (Å²) in [6, 6.07) is 8.14. The molecule has 96 valence electrons. The van der Waals surface area contributed by atoms with E-state index in [9.17, 15) is 0 Å². The zero-order valence-corrected chi connectivity index (χ0v) is 11.0. The van der Waals surface area contributed by atoms with Crippen molar-refractivity contribution in [3.63, 3.8) is 0 Å². The fourth-order valence-electron chi connectivity index (χ4n) is 2.50. The highest BCUT2D eigenvalue weighted by molar-refractivity contribution is 6.30. The van der Waals surface area contributed by atoms with Crippen LogP contribution in [0, 0.1) is 0 Å². The van der Waals surface area contributed by atoms with Crippen LogP contribution in [0.1, 0.15) is 30.9 Å². The predicted molar refractivity (Wildman–Crippen MR) is 73.2 cm³/mol. The number of aliphatic imine (C=N–C) groups is 1. The lowest BCUT2D eigenvalue weighted by Gasteiger charge is -2.23. The molecule has 1 saturated heterocycles. The lowest BCUT2D eigenvalue weighted by molar-refractivity contribution is 0.213. The molecule has 2 aliphatic rings. The van der Waals surface area contributed by atoms with Gasteiger partial charge < -0.3 is 10.1 Å². The van der Waals surface area contributed by atoms with Gasteiger partial charge in [-0.1, -0.05) is 30.2 Å². The summed E-state index contributed by atoms with van der Waals surface area (Å²) in [6.45, 7) is 1.79. The first-order chi connectivity index (χ1) is 8.83. The molecule has 2 aliphatic heterocycles. The predicted octanol–water partition coefficient (Wildman–Crippen LogP) is 2.95. The first-order valence-electron chi connectivity index (χ1n) is 6.53. The number of rotatable bonds is 2. The molecule has 1 fully saturated rings. The fourth-order valence-corrected chi connectivity index (χ4v) is 2.62. The standard InChI is InChI=1S/C14H17ClN2O/c15-11-6-4-10(5-7-11)13-9-17-14(18-13)12-3-1-2-8-16-12/h4-7,12-13,16H,1-3,8-9H2. The first kappa shape index (κ1) is 12.0. The van der Waals surface area contributed by atoms with Crippen molar-refractivity contribution in [1.82, 2.24) is 5.32 Å². The molecular formula is C14H17ClN2O. The van der Waals surface area contributed by atoms with Crippen molar-refractivity contribution in [1.29, 1.82) is 0 Å². The van der Waals surface area contributed by atoms with Crippen molar-refractivity contribution >= 4 is 17.5 Å². The summed E-state index contributed by atoms with van der Waals surface area (Å²) in [5.74, 6) is 0.884. The Balaban J connectivity index is 1.64. The van der Waals surface area contributed by atoms with Crippen LogP contribution < -0.4 is 5.32 Å². The van der Waals surface area contributed by atoms with Gasteiger partial charge in [0.05, 0.1) is 12.6 Å². The van der Waals surface area contributed by atoms with Crippen molar-refractivity contribution in [2.45, 2.75) is 31.4 Å². The molecule has 0 saturated carbocycles. The number of piperidine rings is 1. The van der Waals surface area contributed by atoms with Crippen molar-refractivity contribution < 1.29 is 4.74 Å². The van der Waals surface area contributed by atoms with Gasteiger partial charge in [-0.05, 0) is 37.1 Å². The van der Waals surface area contributed by atoms with E-state index in [1.54, 1.807) is 0 Å². The molecule has 3 nitrogen and oxygen atoms in total. The van der Waals surface area contributed by atoms with Crippen LogP contribution in [-0.4, -0.2) is 25.0 Å². The van der Waals surface area contributed by atoms with Gasteiger partial charge in [0.15, 0.2) is 0 Å². The minimum atomic E-state index is 0.0565. The number of hydrogen-bond acceptors (Lipinski definition) is 3. The second-order valence-electron chi connectivity index (χ2n) is 4.84. The fraction of sp³-hybridized carbons (Fsp3) is 0.500. The Bertz CT molecular complexity index is 438. The van der Waals surface area contributed by atoms with Crippen LogP contribution in [0.4, 0.5) is 0 Å². The molecule has 0 bridgehead atoms. The zero-order chi connectivity index (χ0) is 12.4. The van der Waals surface area contributed by atoms with Crippen LogP contribution in [-0.2, 0) is 4.74 Å². The summed E-state index contributed by atoms with van der Waals surface area (Å²) in [7, 11) is 0. The molecule has 2 atom stereocenters. The molecule has 3 rings (SSSR count). The number of halogens is 1. The van der Waals surface area contributed by atoms with E-state index in [0.717, 1.165) is 36.0 Å². The molecule has 18 heavy (non-hydrogen) atoms. The quantitative estimate of drug-likeness (QED) is 0.891. The summed E-state index contributed by atoms with van der Waals surface area (Å²) in [6.07, 6.45) is 3.70. The number of benzene rings is 1. The van der Waals surface area contributed by atoms with Gasteiger partial charge in [0, 0.05) is 5.02 Å². The highest BCUT2D eigenvalue weighted by Crippen LogP contribution is 2.26. The molecule has 0 amide bonds. The molecule has 4 heteroatoms. The van der Waals surface area contributed by atoms with Gasteiger partial charge in [-0.15, -0.1) is 0 Å². The van der Waals surface area contributed by atoms with Gasteiger partial charge in [-0.2, -0.15) is 0 Å². The molecule has 0 spiro atoms. The Morgan fingerprint density at radius 2 is 2.06 bits per heavy atom. The Hall–Kier alpha value is -1.06. The molecule has 2 heterocycles. The number of nitrogens with one attached hydrogen (secondary N) is 1. The smallest absolute Gasteiger partial charge is 0.201 e. The summed E-state index contributed by atoms with van der Waals surface area (Å²) < 4.78 is 5.97. The number of hydrogen-bond donors (Lipinski definition) is 1. The average molecular weight is 265 g/mol. The third kappa shape index (κ3) is 2.52. The highest BCUT2D eigenvalue weighted by Gasteiger charge is 2.28. The maximum atomic E-state index is 5.97. The summed E-state index contributed by atoms with van der Waals surface area (Å²) >= 11 is 5.89. The molecule has 1 aromatic rings. The van der Waals surface area contributed by atoms with Crippen molar-refractivity contribution in [3.8, 4) is 0 Å². The average Bonchev–Trinajstić information content (AvgIpc) is 2.90. The van der Waals surface area contributed by atoms with E-state index in [2.05, 4.69) is 10.3 Å². The van der Waals surface area contributed by atoms with Crippen molar-refractivity contribution in [2.24, 2.45) is 4.99 Å². The van der Waals surface area contributed by atoms with Crippen LogP contribution in [0.3, 0.4) is 0 Å². The molecule has 1 aromatic carbocycles. The van der Waals surface area contributed by atoms with Gasteiger partial charge in [0.2, 0.25) is 5.90 Å². The largest absolute Gasteiger partial charge is 0.470 e. The SMILES string of the molecule is Clc1ccc(C2CN=C(C3CCCCN3)O2)cc1. The monoisotopic (exact) mass is 264 g/mol. The third-order valence-corrected chi connectivity index (χ3v) is 3.78. The van der Waals surface area contributed by atoms with Crippen LogP contribution in [0.25, 0.3) is 0 Å². The topological polar surface area (TPSA) is 33.6 Å². The minimum Gasteiger partial charge on any atom is -0.470 e. The molecule has 0 aromatic heterocycles. The van der Waals surface area contributed by atoms with E-state index in [1.807, 2.05) is 24.3 Å². The van der Waals surface area contributed by atoms with Crippen molar-refractivity contribution in [3.05, 3.63) is 34.9 Å². The Morgan fingerprint density at radius 3 is 2.78 bits per heavy atom. The first-order valence-corrected chi connectivity index (χ1v) is 6.90. The van der Waals surface area contributed by atoms with E-state index >= 15 is 0 Å². The third-order valence-electron chi connectivity index (χ3n) is 3.53. The van der Waals surface area contributed by atoms with Crippen LogP contribution in [0.15, 0.2) is 29.3 Å². The van der Waals surface area contributed by atoms with Crippen LogP contribution in [0.5, 0.6) is 0 Å². The molecule has 1 N–H and O–H groups in total. The molecule has 0 aliphatic carbocycles.